The largest absolute Gasteiger partial charge is 0.418 e. The van der Waals surface area contributed by atoms with Crippen LogP contribution in [0.4, 0.5) is 4.79 Å². The van der Waals surface area contributed by atoms with Gasteiger partial charge in [0.25, 0.3) is 0 Å². The highest BCUT2D eigenvalue weighted by atomic mass is 32.3. The van der Waals surface area contributed by atoms with E-state index < -0.39 is 22.5 Å². The number of aromatic nitrogens is 2. The predicted octanol–water partition coefficient (Wildman–Crippen LogP) is 0.0535. The summed E-state index contributed by atoms with van der Waals surface area (Å²) in [6, 6.07) is -1.45. The van der Waals surface area contributed by atoms with Crippen LogP contribution in [0.2, 0.25) is 0 Å². The van der Waals surface area contributed by atoms with Crippen LogP contribution in [0.15, 0.2) is 4.52 Å². The van der Waals surface area contributed by atoms with Gasteiger partial charge in [-0.15, -0.1) is 4.28 Å². The Bertz CT molecular complexity index is 643. The van der Waals surface area contributed by atoms with Crippen molar-refractivity contribution >= 4 is 16.4 Å². The normalized spacial score (nSPS) is 26.4. The van der Waals surface area contributed by atoms with Gasteiger partial charge in [-0.3, -0.25) is 4.55 Å². The van der Waals surface area contributed by atoms with E-state index in [1.807, 2.05) is 0 Å². The standard InChI is InChI=1S/C9H12N4O6S/c1-5-10-8(11-18-5)7-3-2-6-4-12(7)9(14)13(6)19-20(15,16)17/h6-7H,2-4H2,1H3,(H,15,16,17)/t6-,7+/m0/s1. The van der Waals surface area contributed by atoms with Crippen molar-refractivity contribution in [1.82, 2.24) is 20.1 Å². The number of carbonyl (C=O) groups is 1. The third kappa shape index (κ3) is 2.23. The van der Waals surface area contributed by atoms with Gasteiger partial charge < -0.3 is 9.42 Å². The van der Waals surface area contributed by atoms with Crippen LogP contribution in [0.5, 0.6) is 0 Å². The molecule has 2 amide bonds. The van der Waals surface area contributed by atoms with Gasteiger partial charge in [-0.2, -0.15) is 18.5 Å². The summed E-state index contributed by atoms with van der Waals surface area (Å²) >= 11 is 0. The second-order valence-electron chi connectivity index (χ2n) is 4.68. The van der Waals surface area contributed by atoms with E-state index >= 15 is 0 Å². The molecule has 2 atom stereocenters. The highest BCUT2D eigenvalue weighted by Gasteiger charge is 2.48. The molecule has 2 aliphatic heterocycles. The zero-order valence-corrected chi connectivity index (χ0v) is 11.3. The monoisotopic (exact) mass is 304 g/mol. The molecule has 1 aromatic rings. The maximum Gasteiger partial charge on any atom is 0.418 e. The minimum Gasteiger partial charge on any atom is -0.340 e. The minimum absolute atomic E-state index is 0.284. The van der Waals surface area contributed by atoms with Gasteiger partial charge >= 0.3 is 16.4 Å². The SMILES string of the molecule is Cc1nc([C@H]2CC[C@H]3CN2C(=O)N3OS(=O)(=O)O)no1. The van der Waals surface area contributed by atoms with Gasteiger partial charge in [0, 0.05) is 13.5 Å². The quantitative estimate of drug-likeness (QED) is 0.776. The van der Waals surface area contributed by atoms with Gasteiger partial charge in [0.05, 0.1) is 12.1 Å². The summed E-state index contributed by atoms with van der Waals surface area (Å²) in [5, 5.41) is 4.47. The summed E-state index contributed by atoms with van der Waals surface area (Å²) in [6.07, 6.45) is 1.07. The Kier molecular flexibility index (Phi) is 2.92. The van der Waals surface area contributed by atoms with Crippen LogP contribution in [0.25, 0.3) is 0 Å². The van der Waals surface area contributed by atoms with Crippen LogP contribution in [-0.4, -0.2) is 51.7 Å². The first-order valence-electron chi connectivity index (χ1n) is 5.92. The molecule has 2 bridgehead atoms. The summed E-state index contributed by atoms with van der Waals surface area (Å²) in [7, 11) is -4.73. The van der Waals surface area contributed by atoms with E-state index in [9.17, 15) is 13.2 Å². The Balaban J connectivity index is 1.84. The maximum atomic E-state index is 12.1. The highest BCUT2D eigenvalue weighted by molar-refractivity contribution is 7.80. The smallest absolute Gasteiger partial charge is 0.340 e. The Morgan fingerprint density at radius 3 is 2.80 bits per heavy atom. The van der Waals surface area contributed by atoms with Gasteiger partial charge in [-0.25, -0.2) is 4.79 Å². The van der Waals surface area contributed by atoms with E-state index in [4.69, 9.17) is 9.08 Å². The van der Waals surface area contributed by atoms with E-state index in [2.05, 4.69) is 14.4 Å². The second-order valence-corrected chi connectivity index (χ2v) is 5.69. The summed E-state index contributed by atoms with van der Waals surface area (Å²) in [5.41, 5.74) is 0. The lowest BCUT2D eigenvalue weighted by atomic mass is 10.0. The maximum absolute atomic E-state index is 12.1. The van der Waals surface area contributed by atoms with Crippen molar-refractivity contribution in [1.29, 1.82) is 0 Å². The first-order valence-corrected chi connectivity index (χ1v) is 7.29. The number of aryl methyl sites for hydroxylation is 1. The number of hydrogen-bond donors (Lipinski definition) is 1. The molecule has 110 valence electrons. The fraction of sp³-hybridized carbons (Fsp3) is 0.667. The van der Waals surface area contributed by atoms with Gasteiger partial charge in [0.1, 0.15) is 0 Å². The number of hydroxylamine groups is 2. The molecule has 0 aromatic carbocycles. The number of rotatable bonds is 3. The average Bonchev–Trinajstić information content (AvgIpc) is 2.88. The van der Waals surface area contributed by atoms with Crippen molar-refractivity contribution in [2.24, 2.45) is 0 Å². The molecule has 2 fully saturated rings. The molecule has 0 saturated carbocycles. The van der Waals surface area contributed by atoms with E-state index in [-0.39, 0.29) is 12.6 Å². The molecule has 0 aliphatic carbocycles. The van der Waals surface area contributed by atoms with Crippen molar-refractivity contribution in [2.45, 2.75) is 31.8 Å². The van der Waals surface area contributed by atoms with Crippen LogP contribution in [0.3, 0.4) is 0 Å². The van der Waals surface area contributed by atoms with Gasteiger partial charge in [0.2, 0.25) is 5.89 Å². The molecule has 0 spiro atoms. The number of fused-ring (bicyclic) bond motifs is 2. The van der Waals surface area contributed by atoms with E-state index in [0.717, 1.165) is 0 Å². The molecule has 2 aliphatic rings. The molecule has 0 radical (unpaired) electrons. The zero-order valence-electron chi connectivity index (χ0n) is 10.5. The number of urea groups is 1. The Morgan fingerprint density at radius 1 is 1.45 bits per heavy atom. The number of hydrogen-bond acceptors (Lipinski definition) is 7. The van der Waals surface area contributed by atoms with Crippen LogP contribution < -0.4 is 0 Å². The lowest BCUT2D eigenvalue weighted by molar-refractivity contribution is -0.0317. The number of amides is 2. The Hall–Kier alpha value is -1.72. The van der Waals surface area contributed by atoms with Crippen molar-refractivity contribution in [3.8, 4) is 0 Å². The Labute approximate surface area is 114 Å². The third-order valence-corrected chi connectivity index (χ3v) is 3.69. The van der Waals surface area contributed by atoms with Crippen molar-refractivity contribution in [3.63, 3.8) is 0 Å². The molecule has 2 saturated heterocycles. The van der Waals surface area contributed by atoms with E-state index in [1.54, 1.807) is 6.92 Å². The van der Waals surface area contributed by atoms with Crippen molar-refractivity contribution in [2.75, 3.05) is 6.54 Å². The summed E-state index contributed by atoms with van der Waals surface area (Å²) in [4.78, 5) is 17.6. The van der Waals surface area contributed by atoms with Crippen LogP contribution in [0.1, 0.15) is 30.6 Å². The molecule has 11 heteroatoms. The number of piperidine rings is 1. The van der Waals surface area contributed by atoms with E-state index in [0.29, 0.717) is 29.6 Å². The highest BCUT2D eigenvalue weighted by Crippen LogP contribution is 2.37. The van der Waals surface area contributed by atoms with Gasteiger partial charge in [-0.1, -0.05) is 5.16 Å². The Morgan fingerprint density at radius 2 is 2.20 bits per heavy atom. The molecule has 3 heterocycles. The summed E-state index contributed by atoms with van der Waals surface area (Å²) in [6.45, 7) is 1.92. The van der Waals surface area contributed by atoms with Crippen LogP contribution in [-0.2, 0) is 14.7 Å². The summed E-state index contributed by atoms with van der Waals surface area (Å²) < 4.78 is 39.4. The van der Waals surface area contributed by atoms with Crippen molar-refractivity contribution in [3.05, 3.63) is 11.7 Å². The first kappa shape index (κ1) is 13.3. The van der Waals surface area contributed by atoms with Gasteiger partial charge in [0.15, 0.2) is 5.82 Å². The fourth-order valence-corrected chi connectivity index (χ4v) is 2.94. The summed E-state index contributed by atoms with van der Waals surface area (Å²) in [5.74, 6) is 0.766. The average molecular weight is 304 g/mol. The molecule has 1 aromatic heterocycles. The van der Waals surface area contributed by atoms with Crippen molar-refractivity contribution < 1.29 is 26.6 Å². The number of nitrogens with zero attached hydrogens (tertiary/aromatic N) is 4. The molecular formula is C9H12N4O6S. The molecular weight excluding hydrogens is 292 g/mol. The third-order valence-electron chi connectivity index (χ3n) is 3.34. The molecule has 3 rings (SSSR count). The van der Waals surface area contributed by atoms with Crippen LogP contribution in [0, 0.1) is 6.92 Å². The molecule has 10 nitrogen and oxygen atoms in total. The molecule has 20 heavy (non-hydrogen) atoms. The molecule has 1 N–H and O–H groups in total. The number of carbonyl (C=O) groups excluding carboxylic acids is 1. The predicted molar refractivity (Wildman–Crippen MR) is 61.4 cm³/mol. The zero-order chi connectivity index (χ0) is 14.5. The van der Waals surface area contributed by atoms with Crippen LogP contribution >= 0.6 is 0 Å². The lowest BCUT2D eigenvalue weighted by Crippen LogP contribution is -2.35. The second kappa shape index (κ2) is 4.40. The first-order chi connectivity index (χ1) is 9.35. The van der Waals surface area contributed by atoms with E-state index in [1.165, 1.54) is 4.90 Å². The molecule has 0 unspecified atom stereocenters. The van der Waals surface area contributed by atoms with Gasteiger partial charge in [-0.05, 0) is 12.8 Å². The lowest BCUT2D eigenvalue weighted by Gasteiger charge is -2.27. The minimum atomic E-state index is -4.73. The topological polar surface area (TPSA) is 126 Å². The fourth-order valence-electron chi connectivity index (χ4n) is 2.55.